The standard InChI is InChI=1S/C14H20N2O3S/c1-4-19-14(18)10-11(15)12(9(3)17)20-13(10)16-6-5-8(2)7-16/h8H,4-7,15H2,1-3H3. The van der Waals surface area contributed by atoms with Crippen LogP contribution in [0, 0.1) is 5.92 Å². The van der Waals surface area contributed by atoms with Gasteiger partial charge in [0.25, 0.3) is 0 Å². The van der Waals surface area contributed by atoms with Gasteiger partial charge in [-0.1, -0.05) is 6.92 Å². The second kappa shape index (κ2) is 5.83. The molecule has 1 atom stereocenters. The van der Waals surface area contributed by atoms with E-state index in [9.17, 15) is 9.59 Å². The predicted octanol–water partition coefficient (Wildman–Crippen LogP) is 2.56. The van der Waals surface area contributed by atoms with Crippen molar-refractivity contribution in [2.45, 2.75) is 27.2 Å². The number of hydrogen-bond acceptors (Lipinski definition) is 6. The lowest BCUT2D eigenvalue weighted by Gasteiger charge is -2.17. The Hall–Kier alpha value is -1.56. The fraction of sp³-hybridized carbons (Fsp3) is 0.571. The Labute approximate surface area is 122 Å². The van der Waals surface area contributed by atoms with Crippen molar-refractivity contribution in [1.82, 2.24) is 0 Å². The molecule has 2 N–H and O–H groups in total. The number of thiophene rings is 1. The van der Waals surface area contributed by atoms with Crippen molar-refractivity contribution < 1.29 is 14.3 Å². The Morgan fingerprint density at radius 1 is 1.50 bits per heavy atom. The van der Waals surface area contributed by atoms with E-state index in [0.717, 1.165) is 24.5 Å². The van der Waals surface area contributed by atoms with Gasteiger partial charge in [0.2, 0.25) is 0 Å². The van der Waals surface area contributed by atoms with Crippen molar-refractivity contribution in [2.24, 2.45) is 5.92 Å². The number of ketones is 1. The highest BCUT2D eigenvalue weighted by Gasteiger charge is 2.30. The average molecular weight is 296 g/mol. The summed E-state index contributed by atoms with van der Waals surface area (Å²) in [5.74, 6) is 0.0222. The van der Waals surface area contributed by atoms with Crippen LogP contribution in [0.15, 0.2) is 0 Å². The quantitative estimate of drug-likeness (QED) is 0.683. The summed E-state index contributed by atoms with van der Waals surface area (Å²) in [7, 11) is 0. The number of rotatable bonds is 4. The molecule has 1 fully saturated rings. The number of nitrogens with two attached hydrogens (primary N) is 1. The number of carbonyl (C=O) groups is 2. The minimum absolute atomic E-state index is 0.114. The molecule has 20 heavy (non-hydrogen) atoms. The van der Waals surface area contributed by atoms with Crippen molar-refractivity contribution in [3.63, 3.8) is 0 Å². The van der Waals surface area contributed by atoms with E-state index in [4.69, 9.17) is 10.5 Å². The lowest BCUT2D eigenvalue weighted by Crippen LogP contribution is -2.21. The van der Waals surface area contributed by atoms with Gasteiger partial charge in [0.05, 0.1) is 17.2 Å². The number of carbonyl (C=O) groups excluding carboxylic acids is 2. The third kappa shape index (κ3) is 2.65. The van der Waals surface area contributed by atoms with Crippen LogP contribution in [0.1, 0.15) is 47.2 Å². The summed E-state index contributed by atoms with van der Waals surface area (Å²) in [6, 6.07) is 0. The van der Waals surface area contributed by atoms with Gasteiger partial charge in [0, 0.05) is 20.0 Å². The number of nitrogen functional groups attached to an aromatic ring is 1. The monoisotopic (exact) mass is 296 g/mol. The van der Waals surface area contributed by atoms with E-state index in [0.29, 0.717) is 23.0 Å². The number of esters is 1. The Kier molecular flexibility index (Phi) is 4.32. The molecule has 2 rings (SSSR count). The highest BCUT2D eigenvalue weighted by Crippen LogP contribution is 2.41. The van der Waals surface area contributed by atoms with Crippen LogP contribution in [0.5, 0.6) is 0 Å². The third-order valence-corrected chi connectivity index (χ3v) is 4.80. The van der Waals surface area contributed by atoms with Crippen LogP contribution in [0.3, 0.4) is 0 Å². The Morgan fingerprint density at radius 3 is 2.70 bits per heavy atom. The number of anilines is 2. The molecule has 1 unspecified atom stereocenters. The smallest absolute Gasteiger partial charge is 0.343 e. The van der Waals surface area contributed by atoms with Crippen LogP contribution in [0.4, 0.5) is 10.7 Å². The molecule has 1 saturated heterocycles. The summed E-state index contributed by atoms with van der Waals surface area (Å²) in [4.78, 5) is 26.4. The zero-order chi connectivity index (χ0) is 14.9. The second-order valence-electron chi connectivity index (χ2n) is 5.14. The number of Topliss-reactive ketones (excluding diaryl/α,β-unsaturated/α-hetero) is 1. The highest BCUT2D eigenvalue weighted by molar-refractivity contribution is 7.19. The molecule has 0 saturated carbocycles. The topological polar surface area (TPSA) is 72.6 Å². The molecule has 0 spiro atoms. The SMILES string of the molecule is CCOC(=O)c1c(N2CCC(C)C2)sc(C(C)=O)c1N. The summed E-state index contributed by atoms with van der Waals surface area (Å²) in [6.45, 7) is 7.44. The molecular formula is C14H20N2O3S. The molecule has 110 valence electrons. The maximum atomic E-state index is 12.1. The zero-order valence-electron chi connectivity index (χ0n) is 12.1. The lowest BCUT2D eigenvalue weighted by atomic mass is 10.2. The first kappa shape index (κ1) is 14.8. The van der Waals surface area contributed by atoms with Gasteiger partial charge in [-0.25, -0.2) is 4.79 Å². The molecule has 6 heteroatoms. The maximum absolute atomic E-state index is 12.1. The fourth-order valence-corrected chi connectivity index (χ4v) is 3.57. The van der Waals surface area contributed by atoms with Gasteiger partial charge in [-0.3, -0.25) is 4.79 Å². The van der Waals surface area contributed by atoms with E-state index < -0.39 is 5.97 Å². The zero-order valence-corrected chi connectivity index (χ0v) is 12.9. The molecular weight excluding hydrogens is 276 g/mol. The molecule has 2 heterocycles. The summed E-state index contributed by atoms with van der Waals surface area (Å²) < 4.78 is 5.08. The van der Waals surface area contributed by atoms with E-state index in [1.807, 2.05) is 0 Å². The number of ether oxygens (including phenoxy) is 1. The first-order valence-electron chi connectivity index (χ1n) is 6.80. The maximum Gasteiger partial charge on any atom is 0.343 e. The number of nitrogens with zero attached hydrogens (tertiary/aromatic N) is 1. The van der Waals surface area contributed by atoms with Gasteiger partial charge in [-0.05, 0) is 19.3 Å². The van der Waals surface area contributed by atoms with Gasteiger partial charge in [0.1, 0.15) is 10.6 Å². The van der Waals surface area contributed by atoms with Gasteiger partial charge in [-0.2, -0.15) is 0 Å². The summed E-state index contributed by atoms with van der Waals surface area (Å²) in [5, 5.41) is 0.774. The van der Waals surface area contributed by atoms with Gasteiger partial charge >= 0.3 is 5.97 Å². The van der Waals surface area contributed by atoms with E-state index in [-0.39, 0.29) is 11.5 Å². The van der Waals surface area contributed by atoms with Gasteiger partial charge in [-0.15, -0.1) is 11.3 Å². The first-order chi connectivity index (χ1) is 9.45. The molecule has 1 aliphatic rings. The molecule has 0 radical (unpaired) electrons. The summed E-state index contributed by atoms with van der Waals surface area (Å²) in [5.41, 5.74) is 6.62. The van der Waals surface area contributed by atoms with Crippen molar-refractivity contribution in [2.75, 3.05) is 30.3 Å². The third-order valence-electron chi connectivity index (χ3n) is 3.44. The van der Waals surface area contributed by atoms with Gasteiger partial charge < -0.3 is 15.4 Å². The van der Waals surface area contributed by atoms with E-state index in [1.54, 1.807) is 6.92 Å². The average Bonchev–Trinajstić information content (AvgIpc) is 2.93. The lowest BCUT2D eigenvalue weighted by molar-refractivity contribution is 0.0529. The molecule has 0 bridgehead atoms. The van der Waals surface area contributed by atoms with E-state index in [2.05, 4.69) is 11.8 Å². The minimum atomic E-state index is -0.441. The van der Waals surface area contributed by atoms with Crippen molar-refractivity contribution in [1.29, 1.82) is 0 Å². The van der Waals surface area contributed by atoms with Crippen molar-refractivity contribution in [3.05, 3.63) is 10.4 Å². The molecule has 1 aliphatic heterocycles. The first-order valence-corrected chi connectivity index (χ1v) is 7.62. The van der Waals surface area contributed by atoms with E-state index in [1.165, 1.54) is 18.3 Å². The van der Waals surface area contributed by atoms with Gasteiger partial charge in [0.15, 0.2) is 5.78 Å². The highest BCUT2D eigenvalue weighted by atomic mass is 32.1. The molecule has 0 amide bonds. The molecule has 1 aromatic heterocycles. The second-order valence-corrected chi connectivity index (χ2v) is 6.14. The molecule has 0 aromatic carbocycles. The predicted molar refractivity (Wildman–Crippen MR) is 80.7 cm³/mol. The van der Waals surface area contributed by atoms with Crippen LogP contribution in [0.25, 0.3) is 0 Å². The van der Waals surface area contributed by atoms with Crippen LogP contribution in [0.2, 0.25) is 0 Å². The Balaban J connectivity index is 2.45. The summed E-state index contributed by atoms with van der Waals surface area (Å²) in [6.07, 6.45) is 1.08. The molecule has 5 nitrogen and oxygen atoms in total. The van der Waals surface area contributed by atoms with Crippen LogP contribution in [-0.2, 0) is 4.74 Å². The largest absolute Gasteiger partial charge is 0.462 e. The van der Waals surface area contributed by atoms with Crippen LogP contribution >= 0.6 is 11.3 Å². The van der Waals surface area contributed by atoms with Crippen LogP contribution < -0.4 is 10.6 Å². The molecule has 0 aliphatic carbocycles. The van der Waals surface area contributed by atoms with Crippen LogP contribution in [-0.4, -0.2) is 31.4 Å². The number of hydrogen-bond donors (Lipinski definition) is 1. The Morgan fingerprint density at radius 2 is 2.20 bits per heavy atom. The van der Waals surface area contributed by atoms with Crippen molar-refractivity contribution >= 4 is 33.8 Å². The molecule has 1 aromatic rings. The van der Waals surface area contributed by atoms with Crippen molar-refractivity contribution in [3.8, 4) is 0 Å². The minimum Gasteiger partial charge on any atom is -0.462 e. The fourth-order valence-electron chi connectivity index (χ4n) is 2.44. The van der Waals surface area contributed by atoms with E-state index >= 15 is 0 Å². The normalized spacial score (nSPS) is 18.4. The summed E-state index contributed by atoms with van der Waals surface area (Å²) >= 11 is 1.30. The Bertz CT molecular complexity index is 539.